The fourth-order valence-corrected chi connectivity index (χ4v) is 12.6. The van der Waals surface area contributed by atoms with Gasteiger partial charge in [-0.2, -0.15) is 5.26 Å². The summed E-state index contributed by atoms with van der Waals surface area (Å²) in [6, 6.07) is 69.5. The van der Waals surface area contributed by atoms with E-state index >= 15 is 0 Å². The quantitative estimate of drug-likeness (QED) is 0.155. The van der Waals surface area contributed by atoms with Gasteiger partial charge in [0.25, 0.3) is 0 Å². The second-order valence-corrected chi connectivity index (χ2v) is 21.0. The van der Waals surface area contributed by atoms with Gasteiger partial charge in [0.15, 0.2) is 22.4 Å². The van der Waals surface area contributed by atoms with E-state index in [9.17, 15) is 5.26 Å². The van der Waals surface area contributed by atoms with Crippen LogP contribution in [0.2, 0.25) is 0 Å². The molecule has 3 aromatic heterocycles. The summed E-state index contributed by atoms with van der Waals surface area (Å²) in [6.07, 6.45) is 0. The lowest BCUT2D eigenvalue weighted by atomic mass is 9.77. The Morgan fingerprint density at radius 2 is 0.933 bits per heavy atom. The maximum atomic E-state index is 9.92. The van der Waals surface area contributed by atoms with Gasteiger partial charge in [0, 0.05) is 60.2 Å². The van der Waals surface area contributed by atoms with E-state index in [0.29, 0.717) is 11.3 Å². The van der Waals surface area contributed by atoms with Crippen LogP contribution in [0, 0.1) is 17.9 Å². The van der Waals surface area contributed by atoms with Crippen LogP contribution in [0.5, 0.6) is 0 Å². The zero-order chi connectivity index (χ0) is 50.5. The highest BCUT2D eigenvalue weighted by Crippen LogP contribution is 2.61. The van der Waals surface area contributed by atoms with Crippen molar-refractivity contribution in [2.45, 2.75) is 38.5 Å². The maximum absolute atomic E-state index is 9.92. The molecule has 0 spiro atoms. The summed E-state index contributed by atoms with van der Waals surface area (Å²) >= 11 is 0. The second-order valence-electron chi connectivity index (χ2n) is 21.0. The van der Waals surface area contributed by atoms with Crippen molar-refractivity contribution in [3.63, 3.8) is 0 Å². The van der Waals surface area contributed by atoms with Crippen LogP contribution in [-0.2, 0) is 10.8 Å². The third-order valence-corrected chi connectivity index (χ3v) is 16.3. The molecule has 7 nitrogen and oxygen atoms in total. The lowest BCUT2D eigenvalue weighted by Crippen LogP contribution is -2.19. The molecule has 13 aromatic rings. The Bertz CT molecular complexity index is 4690. The molecule has 354 valence electrons. The molecule has 0 unspecified atom stereocenters. The SMILES string of the molecule is [C-]#[N+]c1ccc(N(c2ccc3c(c2)C(C)(C)c2cc4c(cc2-3)-c2c(cc(N(c3ccc(C#N)cc3)c3cccc5c3oc3ccccc35)c3oc5ccccc5c23)C4(C)C)c2cccc3c2oc2ccccc23)cc1. The Morgan fingerprint density at radius 3 is 1.57 bits per heavy atom. The summed E-state index contributed by atoms with van der Waals surface area (Å²) in [5.74, 6) is 0. The van der Waals surface area contributed by atoms with Crippen LogP contribution in [0.4, 0.5) is 39.8 Å². The largest absolute Gasteiger partial charge is 0.454 e. The Kier molecular flexibility index (Phi) is 8.77. The van der Waals surface area contributed by atoms with Gasteiger partial charge in [0.1, 0.15) is 16.7 Å². The number of hydrogen-bond acceptors (Lipinski definition) is 6. The zero-order valence-corrected chi connectivity index (χ0v) is 41.5. The number of fused-ring (bicyclic) bond motifs is 16. The third kappa shape index (κ3) is 5.95. The van der Waals surface area contributed by atoms with Crippen molar-refractivity contribution in [2.24, 2.45) is 0 Å². The number of rotatable bonds is 6. The lowest BCUT2D eigenvalue weighted by Gasteiger charge is -2.29. The molecule has 2 aliphatic rings. The predicted octanol–water partition coefficient (Wildman–Crippen LogP) is 19.4. The Hall–Kier alpha value is -9.82. The molecule has 0 bridgehead atoms. The van der Waals surface area contributed by atoms with Gasteiger partial charge in [-0.1, -0.05) is 131 Å². The molecule has 0 radical (unpaired) electrons. The number of anilines is 6. The van der Waals surface area contributed by atoms with Gasteiger partial charge < -0.3 is 23.1 Å². The van der Waals surface area contributed by atoms with E-state index in [2.05, 4.69) is 158 Å². The van der Waals surface area contributed by atoms with Crippen LogP contribution in [-0.4, -0.2) is 0 Å². The molecule has 0 N–H and O–H groups in total. The lowest BCUT2D eigenvalue weighted by molar-refractivity contribution is 0.639. The van der Waals surface area contributed by atoms with E-state index in [0.717, 1.165) is 99.9 Å². The molecule has 0 atom stereocenters. The van der Waals surface area contributed by atoms with Gasteiger partial charge >= 0.3 is 0 Å². The smallest absolute Gasteiger partial charge is 0.187 e. The van der Waals surface area contributed by atoms with Crippen molar-refractivity contribution < 1.29 is 13.3 Å². The first kappa shape index (κ1) is 42.8. The molecular formula is C68H44N4O3. The molecule has 2 aliphatic carbocycles. The van der Waals surface area contributed by atoms with Crippen molar-refractivity contribution in [1.29, 1.82) is 5.26 Å². The fraction of sp³-hybridized carbons (Fsp3) is 0.0882. The molecule has 0 fully saturated rings. The average Bonchev–Trinajstić information content (AvgIpc) is 4.26. The second kappa shape index (κ2) is 15.4. The first-order valence-electron chi connectivity index (χ1n) is 25.3. The maximum Gasteiger partial charge on any atom is 0.187 e. The van der Waals surface area contributed by atoms with E-state index in [1.54, 1.807) is 0 Å². The van der Waals surface area contributed by atoms with Gasteiger partial charge in [0.05, 0.1) is 35.3 Å². The number of hydrogen-bond donors (Lipinski definition) is 0. The Labute approximate surface area is 432 Å². The predicted molar refractivity (Wildman–Crippen MR) is 304 cm³/mol. The number of benzene rings is 10. The van der Waals surface area contributed by atoms with Crippen LogP contribution in [0.15, 0.2) is 207 Å². The normalized spacial score (nSPS) is 13.8. The van der Waals surface area contributed by atoms with Crippen molar-refractivity contribution in [3.8, 4) is 28.3 Å². The van der Waals surface area contributed by atoms with Crippen molar-refractivity contribution in [1.82, 2.24) is 0 Å². The number of para-hydroxylation sites is 5. The summed E-state index contributed by atoms with van der Waals surface area (Å²) < 4.78 is 20.6. The molecule has 0 amide bonds. The van der Waals surface area contributed by atoms with E-state index in [-0.39, 0.29) is 5.41 Å². The summed E-state index contributed by atoms with van der Waals surface area (Å²) in [7, 11) is 0. The summed E-state index contributed by atoms with van der Waals surface area (Å²) in [5.41, 5.74) is 20.5. The minimum absolute atomic E-state index is 0.369. The molecule has 7 heteroatoms. The van der Waals surface area contributed by atoms with E-state index in [1.165, 1.54) is 44.5 Å². The summed E-state index contributed by atoms with van der Waals surface area (Å²) in [5, 5.41) is 16.2. The zero-order valence-electron chi connectivity index (χ0n) is 41.5. The molecule has 3 heterocycles. The van der Waals surface area contributed by atoms with Crippen molar-refractivity contribution >= 4 is 106 Å². The van der Waals surface area contributed by atoms with Crippen LogP contribution >= 0.6 is 0 Å². The van der Waals surface area contributed by atoms with Crippen molar-refractivity contribution in [2.75, 3.05) is 9.80 Å². The molecule has 0 aliphatic heterocycles. The van der Waals surface area contributed by atoms with E-state index in [1.807, 2.05) is 84.9 Å². The highest BCUT2D eigenvalue weighted by Gasteiger charge is 2.44. The van der Waals surface area contributed by atoms with Gasteiger partial charge in [-0.25, -0.2) is 4.85 Å². The molecule has 0 saturated heterocycles. The summed E-state index contributed by atoms with van der Waals surface area (Å²) in [6.45, 7) is 17.1. The first-order valence-corrected chi connectivity index (χ1v) is 25.3. The van der Waals surface area contributed by atoms with E-state index < -0.39 is 5.41 Å². The van der Waals surface area contributed by atoms with Gasteiger partial charge in [-0.15, -0.1) is 0 Å². The highest BCUT2D eigenvalue weighted by atomic mass is 16.3. The van der Waals surface area contributed by atoms with Crippen LogP contribution in [0.25, 0.3) is 92.9 Å². The first-order chi connectivity index (χ1) is 36.6. The molecule has 75 heavy (non-hydrogen) atoms. The minimum Gasteiger partial charge on any atom is -0.454 e. The molecule has 0 saturated carbocycles. The standard InChI is InChI=1S/C68H44N4O3/c1-67(2)52-34-43(71(41-30-26-40(70-5)27-31-41)56-19-12-17-47-45-14-6-9-21-59(45)73-64(47)56)32-33-44(52)50-35-51-54(36-53(50)67)68(3,4)55-37-58(66-63(62(51)55)49-16-8-11-23-61(49)75-66)72(42-28-24-39(38-69)25-29-42)57-20-13-18-48-46-15-7-10-22-60(46)74-65(48)57/h6-37H,1-4H3. The Morgan fingerprint density at radius 1 is 0.427 bits per heavy atom. The number of furan rings is 3. The van der Waals surface area contributed by atoms with Crippen LogP contribution < -0.4 is 9.80 Å². The fourth-order valence-electron chi connectivity index (χ4n) is 12.6. The highest BCUT2D eigenvalue weighted by molar-refractivity contribution is 6.20. The minimum atomic E-state index is -0.432. The number of nitrogens with zero attached hydrogens (tertiary/aromatic N) is 4. The van der Waals surface area contributed by atoms with Crippen LogP contribution in [0.3, 0.4) is 0 Å². The van der Waals surface area contributed by atoms with Gasteiger partial charge in [0.2, 0.25) is 0 Å². The molecular weight excluding hydrogens is 921 g/mol. The molecule has 15 rings (SSSR count). The topological polar surface area (TPSA) is 74.0 Å². The van der Waals surface area contributed by atoms with Crippen LogP contribution in [0.1, 0.15) is 55.5 Å². The monoisotopic (exact) mass is 964 g/mol. The van der Waals surface area contributed by atoms with E-state index in [4.69, 9.17) is 19.8 Å². The number of nitriles is 1. The third-order valence-electron chi connectivity index (χ3n) is 16.3. The van der Waals surface area contributed by atoms with Crippen molar-refractivity contribution in [3.05, 3.63) is 233 Å². The Balaban J connectivity index is 0.941. The van der Waals surface area contributed by atoms with Gasteiger partial charge in [-0.3, -0.25) is 0 Å². The summed E-state index contributed by atoms with van der Waals surface area (Å²) in [4.78, 5) is 8.24. The average molecular weight is 965 g/mol. The van der Waals surface area contributed by atoms with Gasteiger partial charge in [-0.05, 0) is 136 Å². The molecule has 10 aromatic carbocycles.